The SMILES string of the molecule is c1cc(-c2ccc(-c3ccc(N(c4ccc(-c5cccc(-n6c7ccccc7c7ccccc76)c5)cc4)c4ccc(-c5cccc6c5oc5ccccc56)cc4)cc3)cc2)cc(-c2ccc3ccccc3c2)c1. The standard InChI is InChI=1S/C70H46N2O/c1-2-13-53-45-57(31-30-47(53)12-1)55-15-9-14-54(44-55)50-28-26-48(27-29-50)49-32-38-58(39-33-49)71(60-42-36-52(37-43-60)62-21-11-22-66-65-20-5-8-25-69(65)73-70(62)66)59-40-34-51(35-41-59)56-16-10-17-61(46-56)72-67-23-6-3-18-63(67)64-19-4-7-24-68(64)72/h1-46H. The first kappa shape index (κ1) is 42.2. The van der Waals surface area contributed by atoms with E-state index in [1.54, 1.807) is 0 Å². The van der Waals surface area contributed by atoms with Gasteiger partial charge < -0.3 is 13.9 Å². The highest BCUT2D eigenvalue weighted by molar-refractivity contribution is 6.10. The van der Waals surface area contributed by atoms with E-state index in [1.807, 2.05) is 12.1 Å². The van der Waals surface area contributed by atoms with Crippen LogP contribution in [-0.2, 0) is 0 Å². The third-order valence-electron chi connectivity index (χ3n) is 14.6. The van der Waals surface area contributed by atoms with Crippen molar-refractivity contribution in [3.8, 4) is 61.3 Å². The number of benzene rings is 12. The number of rotatable bonds is 9. The normalized spacial score (nSPS) is 11.6. The van der Waals surface area contributed by atoms with Crippen LogP contribution < -0.4 is 4.90 Å². The van der Waals surface area contributed by atoms with Gasteiger partial charge in [-0.2, -0.15) is 0 Å². The Morgan fingerprint density at radius 1 is 0.274 bits per heavy atom. The fraction of sp³-hybridized carbons (Fsp3) is 0. The van der Waals surface area contributed by atoms with E-state index >= 15 is 0 Å². The number of para-hydroxylation sites is 4. The molecule has 342 valence electrons. The monoisotopic (exact) mass is 930 g/mol. The van der Waals surface area contributed by atoms with Gasteiger partial charge in [0.15, 0.2) is 0 Å². The summed E-state index contributed by atoms with van der Waals surface area (Å²) >= 11 is 0. The number of furan rings is 1. The first-order valence-corrected chi connectivity index (χ1v) is 25.0. The van der Waals surface area contributed by atoms with Crippen molar-refractivity contribution in [3.63, 3.8) is 0 Å². The summed E-state index contributed by atoms with van der Waals surface area (Å²) in [4.78, 5) is 2.35. The molecule has 0 atom stereocenters. The van der Waals surface area contributed by atoms with E-state index in [0.717, 1.165) is 72.5 Å². The molecule has 0 radical (unpaired) electrons. The van der Waals surface area contributed by atoms with Crippen molar-refractivity contribution in [3.05, 3.63) is 279 Å². The van der Waals surface area contributed by atoms with Crippen LogP contribution in [0.5, 0.6) is 0 Å². The zero-order valence-corrected chi connectivity index (χ0v) is 39.9. The molecular formula is C70H46N2O. The first-order chi connectivity index (χ1) is 36.2. The lowest BCUT2D eigenvalue weighted by Gasteiger charge is -2.26. The lowest BCUT2D eigenvalue weighted by molar-refractivity contribution is 0.670. The van der Waals surface area contributed by atoms with Gasteiger partial charge in [-0.05, 0) is 140 Å². The lowest BCUT2D eigenvalue weighted by atomic mass is 9.96. The third kappa shape index (κ3) is 7.54. The van der Waals surface area contributed by atoms with Gasteiger partial charge in [0.1, 0.15) is 11.2 Å². The molecule has 0 aliphatic rings. The molecule has 73 heavy (non-hydrogen) atoms. The molecule has 12 aromatic carbocycles. The van der Waals surface area contributed by atoms with Crippen LogP contribution in [0.4, 0.5) is 17.1 Å². The van der Waals surface area contributed by atoms with Crippen molar-refractivity contribution in [2.24, 2.45) is 0 Å². The molecule has 2 heterocycles. The number of nitrogens with zero attached hydrogens (tertiary/aromatic N) is 2. The third-order valence-corrected chi connectivity index (χ3v) is 14.6. The summed E-state index contributed by atoms with van der Waals surface area (Å²) in [5, 5.41) is 7.28. The molecule has 0 saturated carbocycles. The highest BCUT2D eigenvalue weighted by atomic mass is 16.3. The van der Waals surface area contributed by atoms with E-state index in [2.05, 4.69) is 276 Å². The van der Waals surface area contributed by atoms with Gasteiger partial charge in [-0.25, -0.2) is 0 Å². The molecular weight excluding hydrogens is 885 g/mol. The molecule has 0 amide bonds. The van der Waals surface area contributed by atoms with E-state index in [4.69, 9.17) is 4.42 Å². The highest BCUT2D eigenvalue weighted by Gasteiger charge is 2.17. The molecule has 3 heteroatoms. The van der Waals surface area contributed by atoms with Crippen LogP contribution in [0.15, 0.2) is 283 Å². The van der Waals surface area contributed by atoms with Gasteiger partial charge in [0.25, 0.3) is 0 Å². The summed E-state index contributed by atoms with van der Waals surface area (Å²) in [5.41, 5.74) is 20.2. The zero-order chi connectivity index (χ0) is 48.2. The van der Waals surface area contributed by atoms with E-state index in [1.165, 1.54) is 60.4 Å². The molecule has 3 nitrogen and oxygen atoms in total. The van der Waals surface area contributed by atoms with Crippen molar-refractivity contribution in [1.29, 1.82) is 0 Å². The Labute approximate surface area is 423 Å². The molecule has 0 fully saturated rings. The summed E-state index contributed by atoms with van der Waals surface area (Å²) in [6, 6.07) is 101. The van der Waals surface area contributed by atoms with E-state index in [-0.39, 0.29) is 0 Å². The van der Waals surface area contributed by atoms with Gasteiger partial charge in [-0.1, -0.05) is 200 Å². The summed E-state index contributed by atoms with van der Waals surface area (Å²) in [7, 11) is 0. The molecule has 0 saturated heterocycles. The second-order valence-electron chi connectivity index (χ2n) is 18.9. The van der Waals surface area contributed by atoms with Crippen LogP contribution in [0.3, 0.4) is 0 Å². The maximum Gasteiger partial charge on any atom is 0.143 e. The van der Waals surface area contributed by atoms with Crippen molar-refractivity contribution in [2.45, 2.75) is 0 Å². The molecule has 0 aliphatic carbocycles. The largest absolute Gasteiger partial charge is 0.455 e. The Hall–Kier alpha value is -9.70. The fourth-order valence-electron chi connectivity index (χ4n) is 10.9. The molecule has 0 unspecified atom stereocenters. The van der Waals surface area contributed by atoms with Crippen LogP contribution in [0.25, 0.3) is 116 Å². The predicted molar refractivity (Wildman–Crippen MR) is 307 cm³/mol. The minimum absolute atomic E-state index is 0.900. The van der Waals surface area contributed by atoms with Gasteiger partial charge in [-0.3, -0.25) is 0 Å². The number of anilines is 3. The zero-order valence-electron chi connectivity index (χ0n) is 39.9. The van der Waals surface area contributed by atoms with Gasteiger partial charge in [0.2, 0.25) is 0 Å². The average Bonchev–Trinajstić information content (AvgIpc) is 4.02. The second-order valence-corrected chi connectivity index (χ2v) is 18.9. The van der Waals surface area contributed by atoms with Crippen LogP contribution in [0.1, 0.15) is 0 Å². The second kappa shape index (κ2) is 17.6. The molecule has 0 N–H and O–H groups in total. The van der Waals surface area contributed by atoms with Crippen molar-refractivity contribution in [2.75, 3.05) is 4.90 Å². The van der Waals surface area contributed by atoms with Gasteiger partial charge in [0, 0.05) is 49.9 Å². The first-order valence-electron chi connectivity index (χ1n) is 25.0. The quantitative estimate of drug-likeness (QED) is 0.144. The Morgan fingerprint density at radius 3 is 1.36 bits per heavy atom. The summed E-state index contributed by atoms with van der Waals surface area (Å²) < 4.78 is 8.85. The minimum Gasteiger partial charge on any atom is -0.455 e. The van der Waals surface area contributed by atoms with Crippen LogP contribution in [0.2, 0.25) is 0 Å². The van der Waals surface area contributed by atoms with Crippen LogP contribution in [0, 0.1) is 0 Å². The Morgan fingerprint density at radius 2 is 0.712 bits per heavy atom. The smallest absolute Gasteiger partial charge is 0.143 e. The number of hydrogen-bond acceptors (Lipinski definition) is 2. The lowest BCUT2D eigenvalue weighted by Crippen LogP contribution is -2.09. The molecule has 2 aromatic heterocycles. The maximum absolute atomic E-state index is 6.47. The Bertz CT molecular complexity index is 4300. The predicted octanol–water partition coefficient (Wildman–Crippen LogP) is 19.6. The fourth-order valence-corrected chi connectivity index (χ4v) is 10.9. The number of hydrogen-bond donors (Lipinski definition) is 0. The molecule has 0 aliphatic heterocycles. The van der Waals surface area contributed by atoms with Crippen molar-refractivity contribution < 1.29 is 4.42 Å². The Balaban J connectivity index is 0.794. The van der Waals surface area contributed by atoms with E-state index < -0.39 is 0 Å². The molecule has 14 aromatic rings. The van der Waals surface area contributed by atoms with Gasteiger partial charge in [0.05, 0.1) is 11.0 Å². The van der Waals surface area contributed by atoms with E-state index in [9.17, 15) is 0 Å². The number of fused-ring (bicyclic) bond motifs is 7. The van der Waals surface area contributed by atoms with Gasteiger partial charge in [-0.15, -0.1) is 0 Å². The molecule has 0 bridgehead atoms. The maximum atomic E-state index is 6.47. The van der Waals surface area contributed by atoms with Gasteiger partial charge >= 0.3 is 0 Å². The summed E-state index contributed by atoms with van der Waals surface area (Å²) in [5.74, 6) is 0. The highest BCUT2D eigenvalue weighted by Crippen LogP contribution is 2.41. The van der Waals surface area contributed by atoms with Crippen LogP contribution in [-0.4, -0.2) is 4.57 Å². The van der Waals surface area contributed by atoms with Crippen LogP contribution >= 0.6 is 0 Å². The molecule has 0 spiro atoms. The molecule has 14 rings (SSSR count). The van der Waals surface area contributed by atoms with Crippen molar-refractivity contribution in [1.82, 2.24) is 4.57 Å². The average molecular weight is 931 g/mol. The minimum atomic E-state index is 0.900. The van der Waals surface area contributed by atoms with E-state index in [0.29, 0.717) is 0 Å². The summed E-state index contributed by atoms with van der Waals surface area (Å²) in [6.45, 7) is 0. The van der Waals surface area contributed by atoms with Crippen molar-refractivity contribution >= 4 is 71.6 Å². The number of aromatic nitrogens is 1. The topological polar surface area (TPSA) is 21.3 Å². The summed E-state index contributed by atoms with van der Waals surface area (Å²) in [6.07, 6.45) is 0. The Kier molecular flexibility index (Phi) is 10.2.